The average Bonchev–Trinajstić information content (AvgIpc) is 3.04. The Morgan fingerprint density at radius 1 is 1.26 bits per heavy atom. The van der Waals surface area contributed by atoms with Crippen molar-refractivity contribution in [3.8, 4) is 11.3 Å². The van der Waals surface area contributed by atoms with Crippen molar-refractivity contribution < 1.29 is 9.53 Å². The zero-order valence-corrected chi connectivity index (χ0v) is 17.1. The summed E-state index contributed by atoms with van der Waals surface area (Å²) < 4.78 is 6.09. The van der Waals surface area contributed by atoms with Gasteiger partial charge in [0.2, 0.25) is 0 Å². The SMILES string of the molecule is C=C(C)Nc1nc2ccc(-c3cc(C(=O)OCC)c(C)nn3)cc2s1.CC. The highest BCUT2D eigenvalue weighted by Crippen LogP contribution is 2.30. The zero-order chi connectivity index (χ0) is 20.0. The number of ether oxygens (including phenoxy) is 1. The van der Waals surface area contributed by atoms with Gasteiger partial charge >= 0.3 is 5.97 Å². The molecule has 0 radical (unpaired) electrons. The van der Waals surface area contributed by atoms with Gasteiger partial charge in [-0.2, -0.15) is 10.2 Å². The summed E-state index contributed by atoms with van der Waals surface area (Å²) in [5.74, 6) is -0.386. The normalized spacial score (nSPS) is 10.1. The lowest BCUT2D eigenvalue weighted by Crippen LogP contribution is -2.09. The molecule has 0 aliphatic rings. The third-order valence-corrected chi connectivity index (χ3v) is 4.41. The number of anilines is 1. The molecule has 0 aliphatic heterocycles. The van der Waals surface area contributed by atoms with Crippen molar-refractivity contribution in [3.63, 3.8) is 0 Å². The molecule has 0 spiro atoms. The van der Waals surface area contributed by atoms with Crippen molar-refractivity contribution in [2.24, 2.45) is 0 Å². The standard InChI is InChI=1S/C18H18N4O2S.C2H6/c1-5-24-17(23)13-9-15(22-21-11(13)4)12-6-7-14-16(8-12)25-18(20-14)19-10(2)3;1-2/h6-9H,2,5H2,1,3-4H3,(H,19,20);1-2H3. The van der Waals surface area contributed by atoms with Gasteiger partial charge in [0.05, 0.1) is 33.8 Å². The summed E-state index contributed by atoms with van der Waals surface area (Å²) in [5.41, 5.74) is 4.20. The topological polar surface area (TPSA) is 77.0 Å². The van der Waals surface area contributed by atoms with Crippen molar-refractivity contribution >= 4 is 32.7 Å². The Balaban J connectivity index is 0.00000126. The van der Waals surface area contributed by atoms with E-state index in [1.54, 1.807) is 19.9 Å². The molecule has 142 valence electrons. The summed E-state index contributed by atoms with van der Waals surface area (Å²) >= 11 is 1.53. The lowest BCUT2D eigenvalue weighted by atomic mass is 10.1. The van der Waals surface area contributed by atoms with Crippen LogP contribution >= 0.6 is 11.3 Å². The van der Waals surface area contributed by atoms with Gasteiger partial charge in [0.1, 0.15) is 0 Å². The fourth-order valence-corrected chi connectivity index (χ4v) is 3.31. The Morgan fingerprint density at radius 3 is 2.67 bits per heavy atom. The van der Waals surface area contributed by atoms with E-state index in [0.717, 1.165) is 26.6 Å². The summed E-state index contributed by atoms with van der Waals surface area (Å²) in [6, 6.07) is 7.55. The van der Waals surface area contributed by atoms with Crippen LogP contribution in [-0.4, -0.2) is 27.8 Å². The highest BCUT2D eigenvalue weighted by molar-refractivity contribution is 7.22. The Hall–Kier alpha value is -2.80. The number of carbonyl (C=O) groups is 1. The van der Waals surface area contributed by atoms with E-state index in [1.165, 1.54) is 11.3 Å². The molecule has 27 heavy (non-hydrogen) atoms. The summed E-state index contributed by atoms with van der Waals surface area (Å²) in [6.45, 7) is 13.6. The molecule has 3 aromatic rings. The van der Waals surface area contributed by atoms with Crippen molar-refractivity contribution in [2.45, 2.75) is 34.6 Å². The number of nitrogens with zero attached hydrogens (tertiary/aromatic N) is 3. The molecule has 2 heterocycles. The molecule has 1 N–H and O–H groups in total. The summed E-state index contributed by atoms with van der Waals surface area (Å²) in [7, 11) is 0. The van der Waals surface area contributed by atoms with Gasteiger partial charge in [0.25, 0.3) is 0 Å². The predicted molar refractivity (Wildman–Crippen MR) is 111 cm³/mol. The molecule has 3 rings (SSSR count). The first-order valence-electron chi connectivity index (χ1n) is 8.83. The van der Waals surface area contributed by atoms with Gasteiger partial charge in [0, 0.05) is 11.3 Å². The Labute approximate surface area is 163 Å². The van der Waals surface area contributed by atoms with Crippen LogP contribution in [0, 0.1) is 6.92 Å². The molecule has 0 unspecified atom stereocenters. The minimum atomic E-state index is -0.386. The summed E-state index contributed by atoms with van der Waals surface area (Å²) in [4.78, 5) is 16.6. The van der Waals surface area contributed by atoms with E-state index < -0.39 is 0 Å². The van der Waals surface area contributed by atoms with Crippen molar-refractivity contribution in [1.29, 1.82) is 0 Å². The quantitative estimate of drug-likeness (QED) is 0.609. The second-order valence-corrected chi connectivity index (χ2v) is 6.59. The van der Waals surface area contributed by atoms with Crippen molar-refractivity contribution in [2.75, 3.05) is 11.9 Å². The molecule has 7 heteroatoms. The first kappa shape index (κ1) is 20.5. The van der Waals surface area contributed by atoms with E-state index in [4.69, 9.17) is 4.74 Å². The minimum Gasteiger partial charge on any atom is -0.462 e. The van der Waals surface area contributed by atoms with Crippen LogP contribution in [0.5, 0.6) is 0 Å². The number of benzene rings is 1. The highest BCUT2D eigenvalue weighted by Gasteiger charge is 2.14. The number of nitrogens with one attached hydrogen (secondary N) is 1. The lowest BCUT2D eigenvalue weighted by molar-refractivity contribution is 0.0524. The number of allylic oxidation sites excluding steroid dienone is 1. The first-order chi connectivity index (χ1) is 13.0. The molecular formula is C20H24N4O2S. The third kappa shape index (κ3) is 4.89. The maximum atomic E-state index is 12.1. The van der Waals surface area contributed by atoms with Crippen LogP contribution in [0.3, 0.4) is 0 Å². The van der Waals surface area contributed by atoms with E-state index in [0.29, 0.717) is 23.6 Å². The van der Waals surface area contributed by atoms with Gasteiger partial charge in [-0.1, -0.05) is 37.8 Å². The molecule has 2 aromatic heterocycles. The largest absolute Gasteiger partial charge is 0.462 e. The molecule has 0 atom stereocenters. The van der Waals surface area contributed by atoms with Gasteiger partial charge in [-0.15, -0.1) is 0 Å². The number of aromatic nitrogens is 3. The molecule has 0 aliphatic carbocycles. The maximum Gasteiger partial charge on any atom is 0.340 e. The fourth-order valence-electron chi connectivity index (χ4n) is 2.33. The Bertz CT molecular complexity index is 966. The number of fused-ring (bicyclic) bond motifs is 1. The van der Waals surface area contributed by atoms with Crippen LogP contribution in [0.25, 0.3) is 21.5 Å². The van der Waals surface area contributed by atoms with Crippen LogP contribution in [0.1, 0.15) is 43.7 Å². The van der Waals surface area contributed by atoms with E-state index in [2.05, 4.69) is 27.1 Å². The monoisotopic (exact) mass is 384 g/mol. The van der Waals surface area contributed by atoms with Crippen LogP contribution in [-0.2, 0) is 4.74 Å². The Kier molecular flexibility index (Phi) is 7.01. The number of hydrogen-bond acceptors (Lipinski definition) is 7. The number of carbonyl (C=O) groups excluding carboxylic acids is 1. The second kappa shape index (κ2) is 9.23. The molecule has 0 fully saturated rings. The van der Waals surface area contributed by atoms with Crippen LogP contribution < -0.4 is 5.32 Å². The average molecular weight is 385 g/mol. The van der Waals surface area contributed by atoms with Crippen LogP contribution in [0.4, 0.5) is 5.13 Å². The molecule has 0 amide bonds. The third-order valence-electron chi connectivity index (χ3n) is 3.48. The van der Waals surface area contributed by atoms with Gasteiger partial charge in [-0.25, -0.2) is 9.78 Å². The smallest absolute Gasteiger partial charge is 0.340 e. The van der Waals surface area contributed by atoms with E-state index in [1.807, 2.05) is 39.0 Å². The van der Waals surface area contributed by atoms with Gasteiger partial charge in [0.15, 0.2) is 5.13 Å². The number of esters is 1. The summed E-state index contributed by atoms with van der Waals surface area (Å²) in [5, 5.41) is 12.2. The molecule has 0 saturated heterocycles. The van der Waals surface area contributed by atoms with Gasteiger partial charge in [-0.05, 0) is 39.0 Å². The van der Waals surface area contributed by atoms with Crippen molar-refractivity contribution in [3.05, 3.63) is 47.8 Å². The predicted octanol–water partition coefficient (Wildman–Crippen LogP) is 5.21. The molecule has 0 bridgehead atoms. The fraction of sp³-hybridized carbons (Fsp3) is 0.300. The minimum absolute atomic E-state index is 0.321. The zero-order valence-electron chi connectivity index (χ0n) is 16.3. The number of rotatable bonds is 5. The number of thiazole rings is 1. The van der Waals surface area contributed by atoms with E-state index in [-0.39, 0.29) is 5.97 Å². The number of hydrogen-bond donors (Lipinski definition) is 1. The maximum absolute atomic E-state index is 12.1. The van der Waals surface area contributed by atoms with E-state index >= 15 is 0 Å². The number of aryl methyl sites for hydroxylation is 1. The molecule has 1 aromatic carbocycles. The van der Waals surface area contributed by atoms with Crippen molar-refractivity contribution in [1.82, 2.24) is 15.2 Å². The molecule has 6 nitrogen and oxygen atoms in total. The summed E-state index contributed by atoms with van der Waals surface area (Å²) in [6.07, 6.45) is 0. The molecular weight excluding hydrogens is 360 g/mol. The van der Waals surface area contributed by atoms with E-state index in [9.17, 15) is 4.79 Å². The van der Waals surface area contributed by atoms with Gasteiger partial charge in [-0.3, -0.25) is 0 Å². The Morgan fingerprint density at radius 2 is 2.00 bits per heavy atom. The van der Waals surface area contributed by atoms with Gasteiger partial charge < -0.3 is 10.1 Å². The second-order valence-electron chi connectivity index (χ2n) is 5.56. The van der Waals surface area contributed by atoms with Crippen LogP contribution in [0.2, 0.25) is 0 Å². The first-order valence-corrected chi connectivity index (χ1v) is 9.64. The highest BCUT2D eigenvalue weighted by atomic mass is 32.1. The van der Waals surface area contributed by atoms with Crippen LogP contribution in [0.15, 0.2) is 36.5 Å². The lowest BCUT2D eigenvalue weighted by Gasteiger charge is -2.06. The molecule has 0 saturated carbocycles.